The van der Waals surface area contributed by atoms with E-state index in [-0.39, 0.29) is 6.04 Å². The highest BCUT2D eigenvalue weighted by atomic mass is 35.5. The van der Waals surface area contributed by atoms with Crippen LogP contribution in [0.5, 0.6) is 5.88 Å². The Bertz CT molecular complexity index is 866. The van der Waals surface area contributed by atoms with Gasteiger partial charge < -0.3 is 9.15 Å². The van der Waals surface area contributed by atoms with Gasteiger partial charge in [0.2, 0.25) is 17.7 Å². The molecule has 3 aromatic rings. The van der Waals surface area contributed by atoms with Crippen LogP contribution in [0.1, 0.15) is 25.3 Å². The Balaban J connectivity index is 1.78. The smallest absolute Gasteiger partial charge is 0.249 e. The molecule has 26 heavy (non-hydrogen) atoms. The number of ether oxygens (including phenoxy) is 1. The van der Waals surface area contributed by atoms with Crippen LogP contribution >= 0.6 is 11.6 Å². The van der Waals surface area contributed by atoms with Crippen molar-refractivity contribution in [3.05, 3.63) is 59.1 Å². The van der Waals surface area contributed by atoms with Crippen molar-refractivity contribution in [2.45, 2.75) is 33.0 Å². The highest BCUT2D eigenvalue weighted by Gasteiger charge is 2.18. The lowest BCUT2D eigenvalue weighted by molar-refractivity contribution is 0.182. The standard InChI is InChI=1S/C19H21ClN4O2/c1-13(2)24(11-14-7-6-10-21-18(14)25-3)12-17-22-23-19(26-17)15-8-4-5-9-16(15)20/h4-10,13H,11-12H2,1-3H3. The van der Waals surface area contributed by atoms with E-state index in [2.05, 4.69) is 33.9 Å². The van der Waals surface area contributed by atoms with Crippen LogP contribution in [0.4, 0.5) is 0 Å². The van der Waals surface area contributed by atoms with Crippen LogP contribution < -0.4 is 4.74 Å². The van der Waals surface area contributed by atoms with E-state index in [0.717, 1.165) is 11.1 Å². The van der Waals surface area contributed by atoms with Crippen molar-refractivity contribution in [2.75, 3.05) is 7.11 Å². The average Bonchev–Trinajstić information content (AvgIpc) is 3.10. The molecule has 6 nitrogen and oxygen atoms in total. The SMILES string of the molecule is COc1ncccc1CN(Cc1nnc(-c2ccccc2Cl)o1)C(C)C. The molecule has 0 spiro atoms. The number of halogens is 1. The van der Waals surface area contributed by atoms with Crippen LogP contribution in [-0.2, 0) is 13.1 Å². The van der Waals surface area contributed by atoms with E-state index in [9.17, 15) is 0 Å². The highest BCUT2D eigenvalue weighted by molar-refractivity contribution is 6.33. The Morgan fingerprint density at radius 2 is 1.92 bits per heavy atom. The molecule has 3 rings (SSSR count). The summed E-state index contributed by atoms with van der Waals surface area (Å²) in [5.41, 5.74) is 1.74. The lowest BCUT2D eigenvalue weighted by Crippen LogP contribution is -2.30. The monoisotopic (exact) mass is 372 g/mol. The molecule has 0 saturated carbocycles. The van der Waals surface area contributed by atoms with E-state index in [1.54, 1.807) is 19.4 Å². The minimum Gasteiger partial charge on any atom is -0.481 e. The Labute approximate surface area is 157 Å². The molecule has 0 aliphatic rings. The van der Waals surface area contributed by atoms with Crippen molar-refractivity contribution in [3.8, 4) is 17.3 Å². The maximum Gasteiger partial charge on any atom is 0.249 e. The van der Waals surface area contributed by atoms with Crippen LogP contribution in [-0.4, -0.2) is 33.2 Å². The number of nitrogens with zero attached hydrogens (tertiary/aromatic N) is 4. The fourth-order valence-electron chi connectivity index (χ4n) is 2.60. The molecule has 0 bridgehead atoms. The summed E-state index contributed by atoms with van der Waals surface area (Å²) in [5, 5.41) is 8.90. The van der Waals surface area contributed by atoms with Gasteiger partial charge in [-0.1, -0.05) is 29.8 Å². The molecule has 0 fully saturated rings. The van der Waals surface area contributed by atoms with E-state index >= 15 is 0 Å². The summed E-state index contributed by atoms with van der Waals surface area (Å²) < 4.78 is 11.2. The zero-order chi connectivity index (χ0) is 18.5. The molecule has 0 aliphatic heterocycles. The largest absolute Gasteiger partial charge is 0.481 e. The molecule has 7 heteroatoms. The van der Waals surface area contributed by atoms with Gasteiger partial charge in [-0.25, -0.2) is 4.98 Å². The van der Waals surface area contributed by atoms with Gasteiger partial charge in [0.1, 0.15) is 0 Å². The van der Waals surface area contributed by atoms with E-state index in [1.807, 2.05) is 30.3 Å². The summed E-state index contributed by atoms with van der Waals surface area (Å²) in [5.74, 6) is 1.59. The summed E-state index contributed by atoms with van der Waals surface area (Å²) in [6.07, 6.45) is 1.72. The highest BCUT2D eigenvalue weighted by Crippen LogP contribution is 2.27. The zero-order valence-electron chi connectivity index (χ0n) is 15.0. The number of rotatable bonds is 7. The molecule has 2 aromatic heterocycles. The first-order chi connectivity index (χ1) is 12.6. The molecule has 0 saturated heterocycles. The molecule has 0 unspecified atom stereocenters. The van der Waals surface area contributed by atoms with Crippen molar-refractivity contribution in [1.29, 1.82) is 0 Å². The minimum atomic E-state index is 0.274. The third-order valence-corrected chi connectivity index (χ3v) is 4.39. The molecule has 0 atom stereocenters. The van der Waals surface area contributed by atoms with Crippen LogP contribution in [0.15, 0.2) is 47.0 Å². The lowest BCUT2D eigenvalue weighted by Gasteiger charge is -2.25. The maximum absolute atomic E-state index is 6.21. The lowest BCUT2D eigenvalue weighted by atomic mass is 10.2. The number of methoxy groups -OCH3 is 1. The summed E-state index contributed by atoms with van der Waals surface area (Å²) in [7, 11) is 1.62. The second-order valence-corrected chi connectivity index (χ2v) is 6.56. The zero-order valence-corrected chi connectivity index (χ0v) is 15.8. The molecule has 0 N–H and O–H groups in total. The van der Waals surface area contributed by atoms with Gasteiger partial charge in [0.15, 0.2) is 0 Å². The van der Waals surface area contributed by atoms with Crippen molar-refractivity contribution >= 4 is 11.6 Å². The molecule has 0 aliphatic carbocycles. The van der Waals surface area contributed by atoms with Crippen LogP contribution in [0.25, 0.3) is 11.5 Å². The Hall–Kier alpha value is -2.44. The molecular weight excluding hydrogens is 352 g/mol. The van der Waals surface area contributed by atoms with Crippen molar-refractivity contribution < 1.29 is 9.15 Å². The Kier molecular flexibility index (Phi) is 5.85. The molecule has 136 valence electrons. The first kappa shape index (κ1) is 18.4. The maximum atomic E-state index is 6.21. The van der Waals surface area contributed by atoms with E-state index in [4.69, 9.17) is 20.8 Å². The van der Waals surface area contributed by atoms with Gasteiger partial charge >= 0.3 is 0 Å². The van der Waals surface area contributed by atoms with Gasteiger partial charge in [0, 0.05) is 24.3 Å². The van der Waals surface area contributed by atoms with E-state index in [1.165, 1.54) is 0 Å². The number of pyridine rings is 1. The number of hydrogen-bond acceptors (Lipinski definition) is 6. The predicted molar refractivity (Wildman–Crippen MR) is 99.9 cm³/mol. The first-order valence-corrected chi connectivity index (χ1v) is 8.75. The molecule has 2 heterocycles. The Morgan fingerprint density at radius 1 is 1.12 bits per heavy atom. The third kappa shape index (κ3) is 4.20. The van der Waals surface area contributed by atoms with Gasteiger partial charge in [0.25, 0.3) is 0 Å². The number of aromatic nitrogens is 3. The van der Waals surface area contributed by atoms with Gasteiger partial charge in [-0.05, 0) is 32.0 Å². The first-order valence-electron chi connectivity index (χ1n) is 8.37. The fraction of sp³-hybridized carbons (Fsp3) is 0.316. The average molecular weight is 373 g/mol. The molecule has 0 amide bonds. The van der Waals surface area contributed by atoms with E-state index in [0.29, 0.717) is 35.8 Å². The van der Waals surface area contributed by atoms with Gasteiger partial charge in [-0.2, -0.15) is 0 Å². The summed E-state index contributed by atoms with van der Waals surface area (Å²) in [4.78, 5) is 6.47. The summed E-state index contributed by atoms with van der Waals surface area (Å²) >= 11 is 6.21. The topological polar surface area (TPSA) is 64.3 Å². The van der Waals surface area contributed by atoms with Crippen LogP contribution in [0.3, 0.4) is 0 Å². The summed E-state index contributed by atoms with van der Waals surface area (Å²) in [6.45, 7) is 5.42. The van der Waals surface area contributed by atoms with Crippen molar-refractivity contribution in [3.63, 3.8) is 0 Å². The van der Waals surface area contributed by atoms with Crippen LogP contribution in [0, 0.1) is 0 Å². The molecule has 1 aromatic carbocycles. The van der Waals surface area contributed by atoms with E-state index < -0.39 is 0 Å². The van der Waals surface area contributed by atoms with Gasteiger partial charge in [0.05, 0.1) is 24.2 Å². The number of hydrogen-bond donors (Lipinski definition) is 0. The minimum absolute atomic E-state index is 0.274. The van der Waals surface area contributed by atoms with Gasteiger partial charge in [-0.15, -0.1) is 10.2 Å². The second-order valence-electron chi connectivity index (χ2n) is 6.15. The quantitative estimate of drug-likeness (QED) is 0.619. The van der Waals surface area contributed by atoms with Crippen molar-refractivity contribution in [2.24, 2.45) is 0 Å². The molecule has 0 radical (unpaired) electrons. The molecular formula is C19H21ClN4O2. The Morgan fingerprint density at radius 3 is 2.65 bits per heavy atom. The summed E-state index contributed by atoms with van der Waals surface area (Å²) in [6, 6.07) is 11.6. The normalized spacial score (nSPS) is 11.3. The second kappa shape index (κ2) is 8.29. The van der Waals surface area contributed by atoms with Crippen molar-refractivity contribution in [1.82, 2.24) is 20.1 Å². The predicted octanol–water partition coefficient (Wildman–Crippen LogP) is 4.20. The van der Waals surface area contributed by atoms with Crippen LogP contribution in [0.2, 0.25) is 5.02 Å². The third-order valence-electron chi connectivity index (χ3n) is 4.06. The van der Waals surface area contributed by atoms with Gasteiger partial charge in [-0.3, -0.25) is 4.90 Å². The fourth-order valence-corrected chi connectivity index (χ4v) is 2.82. The number of benzene rings is 1.